The van der Waals surface area contributed by atoms with Gasteiger partial charge in [-0.2, -0.15) is 15.1 Å². The first-order valence-electron chi connectivity index (χ1n) is 13.5. The van der Waals surface area contributed by atoms with Crippen molar-refractivity contribution in [3.05, 3.63) is 57.1 Å². The fourth-order valence-electron chi connectivity index (χ4n) is 4.25. The van der Waals surface area contributed by atoms with Gasteiger partial charge in [0.05, 0.1) is 17.2 Å². The largest absolute Gasteiger partial charge is 0.493 e. The van der Waals surface area contributed by atoms with Gasteiger partial charge in [0.25, 0.3) is 5.91 Å². The van der Waals surface area contributed by atoms with Crippen molar-refractivity contribution in [1.29, 1.82) is 5.41 Å². The van der Waals surface area contributed by atoms with Crippen molar-refractivity contribution in [2.45, 2.75) is 59.3 Å². The Balaban J connectivity index is 1.41. The van der Waals surface area contributed by atoms with Crippen LogP contribution in [0.4, 0.5) is 0 Å². The highest BCUT2D eigenvalue weighted by molar-refractivity contribution is 9.10. The summed E-state index contributed by atoms with van der Waals surface area (Å²) in [6.45, 7) is 6.99. The van der Waals surface area contributed by atoms with Gasteiger partial charge in [0.2, 0.25) is 5.17 Å². The van der Waals surface area contributed by atoms with Gasteiger partial charge >= 0.3 is 0 Å². The van der Waals surface area contributed by atoms with Gasteiger partial charge in [-0.25, -0.2) is 0 Å². The van der Waals surface area contributed by atoms with Crippen LogP contribution in [0, 0.1) is 19.3 Å². The number of amides is 1. The van der Waals surface area contributed by atoms with E-state index in [0.717, 1.165) is 30.1 Å². The molecule has 2 aromatic carbocycles. The minimum Gasteiger partial charge on any atom is -0.493 e. The van der Waals surface area contributed by atoms with Crippen LogP contribution in [0.1, 0.15) is 62.1 Å². The maximum Gasteiger partial charge on any atom is 0.283 e. The fraction of sp³-hybridized carbons (Fsp3) is 0.400. The summed E-state index contributed by atoms with van der Waals surface area (Å²) in [6.07, 6.45) is 8.30. The van der Waals surface area contributed by atoms with Crippen LogP contribution in [0.2, 0.25) is 0 Å². The lowest BCUT2D eigenvalue weighted by molar-refractivity contribution is -0.114. The Labute approximate surface area is 248 Å². The highest BCUT2D eigenvalue weighted by Gasteiger charge is 2.35. The summed E-state index contributed by atoms with van der Waals surface area (Å²) >= 11 is 4.94. The second-order valence-electron chi connectivity index (χ2n) is 9.66. The Morgan fingerprint density at radius 3 is 2.58 bits per heavy atom. The molecule has 1 amide bonds. The van der Waals surface area contributed by atoms with Crippen LogP contribution in [0.3, 0.4) is 0 Å². The maximum atomic E-state index is 12.9. The Morgan fingerprint density at radius 2 is 1.82 bits per heavy atom. The van der Waals surface area contributed by atoms with Crippen LogP contribution in [0.25, 0.3) is 6.08 Å². The summed E-state index contributed by atoms with van der Waals surface area (Å²) < 4.78 is 18.0. The molecule has 0 aliphatic carbocycles. The lowest BCUT2D eigenvalue weighted by atomic mass is 10.1. The summed E-state index contributed by atoms with van der Waals surface area (Å²) in [5.41, 5.74) is 3.23. The third kappa shape index (κ3) is 7.34. The number of rotatable bonds is 13. The third-order valence-corrected chi connectivity index (χ3v) is 8.19. The molecule has 40 heavy (non-hydrogen) atoms. The molecule has 2 aliphatic heterocycles. The second-order valence-corrected chi connectivity index (χ2v) is 11.5. The van der Waals surface area contributed by atoms with Gasteiger partial charge in [-0.1, -0.05) is 38.7 Å². The standard InChI is InChI=1S/C30H35BrN4O4S/c1-5-6-7-8-9-10-26-34-35-28(32)23(29(36)33-30(35)40-26)16-21-17-24(31)27(25(18-21)37-4)39-14-13-38-22-12-11-19(2)20(3)15-22/h11-12,15-18,32H,5-10,13-14H2,1-4H3/b23-16-,32-28?. The maximum absolute atomic E-state index is 12.9. The first-order chi connectivity index (χ1) is 19.3. The first-order valence-corrected chi connectivity index (χ1v) is 15.1. The molecule has 0 fully saturated rings. The minimum atomic E-state index is -0.456. The number of carbonyl (C=O) groups excluding carboxylic acids is 1. The molecule has 0 saturated heterocycles. The van der Waals surface area contributed by atoms with Gasteiger partial charge in [0.1, 0.15) is 24.0 Å². The van der Waals surface area contributed by atoms with Gasteiger partial charge in [0, 0.05) is 0 Å². The quantitative estimate of drug-likeness (QED) is 0.182. The number of hydrazone groups is 1. The summed E-state index contributed by atoms with van der Waals surface area (Å²) in [5, 5.41) is 16.0. The monoisotopic (exact) mass is 626 g/mol. The van der Waals surface area contributed by atoms with E-state index < -0.39 is 5.91 Å². The first kappa shape index (κ1) is 29.9. The lowest BCUT2D eigenvalue weighted by Crippen LogP contribution is -2.35. The van der Waals surface area contributed by atoms with Crippen molar-refractivity contribution in [3.63, 3.8) is 0 Å². The molecule has 0 aromatic heterocycles. The van der Waals surface area contributed by atoms with Crippen LogP contribution in [-0.4, -0.2) is 47.3 Å². The molecule has 10 heteroatoms. The number of thioether (sulfide) groups is 1. The van der Waals surface area contributed by atoms with Gasteiger partial charge in [0.15, 0.2) is 17.3 Å². The molecule has 0 saturated carbocycles. The molecule has 1 N–H and O–H groups in total. The number of fused-ring (bicyclic) bond motifs is 1. The number of methoxy groups -OCH3 is 1. The predicted molar refractivity (Wildman–Crippen MR) is 166 cm³/mol. The van der Waals surface area contributed by atoms with Crippen molar-refractivity contribution < 1.29 is 19.0 Å². The number of hydrogen-bond donors (Lipinski definition) is 1. The van der Waals surface area contributed by atoms with E-state index in [1.807, 2.05) is 24.3 Å². The summed E-state index contributed by atoms with van der Waals surface area (Å²) in [4.78, 5) is 17.1. The van der Waals surface area contributed by atoms with E-state index in [0.29, 0.717) is 39.9 Å². The number of amidine groups is 2. The topological polar surface area (TPSA) is 96.6 Å². The number of hydrogen-bond acceptors (Lipinski definition) is 7. The van der Waals surface area contributed by atoms with Gasteiger partial charge in [-0.15, -0.1) is 0 Å². The lowest BCUT2D eigenvalue weighted by Gasteiger charge is -2.20. The van der Waals surface area contributed by atoms with Crippen LogP contribution in [0.5, 0.6) is 17.2 Å². The zero-order valence-corrected chi connectivity index (χ0v) is 25.8. The normalized spacial score (nSPS) is 15.7. The summed E-state index contributed by atoms with van der Waals surface area (Å²) in [6, 6.07) is 9.57. The number of aliphatic imine (C=N–C) groups is 1. The Bertz CT molecular complexity index is 1370. The van der Waals surface area contributed by atoms with Crippen LogP contribution < -0.4 is 14.2 Å². The number of aryl methyl sites for hydroxylation is 2. The molecule has 0 radical (unpaired) electrons. The highest BCUT2D eigenvalue weighted by atomic mass is 79.9. The van der Waals surface area contributed by atoms with E-state index in [9.17, 15) is 4.79 Å². The Kier molecular flexibility index (Phi) is 10.4. The second kappa shape index (κ2) is 14.0. The summed E-state index contributed by atoms with van der Waals surface area (Å²) in [7, 11) is 1.56. The van der Waals surface area contributed by atoms with Gasteiger partial charge in [-0.05, 0) is 101 Å². The fourth-order valence-corrected chi connectivity index (χ4v) is 5.75. The number of carbonyl (C=O) groups is 1. The predicted octanol–water partition coefficient (Wildman–Crippen LogP) is 7.51. The molecule has 0 bridgehead atoms. The van der Waals surface area contributed by atoms with E-state index in [1.54, 1.807) is 19.3 Å². The van der Waals surface area contributed by atoms with E-state index >= 15 is 0 Å². The van der Waals surface area contributed by atoms with E-state index in [2.05, 4.69) is 46.8 Å². The molecule has 2 aliphatic rings. The van der Waals surface area contributed by atoms with Crippen molar-refractivity contribution in [2.24, 2.45) is 10.1 Å². The average molecular weight is 628 g/mol. The summed E-state index contributed by atoms with van der Waals surface area (Å²) in [5.74, 6) is 1.38. The van der Waals surface area contributed by atoms with E-state index in [-0.39, 0.29) is 11.4 Å². The molecular formula is C30H35BrN4O4S. The molecule has 4 rings (SSSR count). The van der Waals surface area contributed by atoms with Crippen LogP contribution in [0.15, 0.2) is 50.5 Å². The zero-order valence-electron chi connectivity index (χ0n) is 23.4. The number of ether oxygens (including phenoxy) is 3. The molecule has 0 atom stereocenters. The molecule has 2 aromatic rings. The number of benzene rings is 2. The smallest absolute Gasteiger partial charge is 0.283 e. The number of nitrogens with zero attached hydrogens (tertiary/aromatic N) is 3. The SMILES string of the molecule is CCCCCCCC1=NN2C(=N)/C(=C/c3cc(Br)c(OCCOc4ccc(C)c(C)c4)c(OC)c3)C(=O)N=C2S1. The Morgan fingerprint density at radius 1 is 1.05 bits per heavy atom. The number of halogens is 1. The van der Waals surface area contributed by atoms with Gasteiger partial charge in [-0.3, -0.25) is 10.2 Å². The van der Waals surface area contributed by atoms with E-state index in [1.165, 1.54) is 47.2 Å². The zero-order chi connectivity index (χ0) is 28.6. The van der Waals surface area contributed by atoms with E-state index in [4.69, 9.17) is 19.6 Å². The molecule has 2 heterocycles. The number of unbranched alkanes of at least 4 members (excludes halogenated alkanes) is 4. The van der Waals surface area contributed by atoms with Gasteiger partial charge < -0.3 is 14.2 Å². The molecule has 0 spiro atoms. The van der Waals surface area contributed by atoms with Crippen LogP contribution >= 0.6 is 27.7 Å². The Hall–Kier alpha value is -3.11. The molecular weight excluding hydrogens is 592 g/mol. The van der Waals surface area contributed by atoms with Crippen molar-refractivity contribution >= 4 is 55.7 Å². The van der Waals surface area contributed by atoms with Crippen molar-refractivity contribution in [1.82, 2.24) is 5.01 Å². The average Bonchev–Trinajstić information content (AvgIpc) is 3.34. The minimum absolute atomic E-state index is 0.0161. The molecule has 0 unspecified atom stereocenters. The number of nitrogens with one attached hydrogen (secondary N) is 1. The third-order valence-electron chi connectivity index (χ3n) is 6.63. The van der Waals surface area contributed by atoms with Crippen molar-refractivity contribution in [2.75, 3.05) is 20.3 Å². The molecule has 8 nitrogen and oxygen atoms in total. The van der Waals surface area contributed by atoms with Crippen molar-refractivity contribution in [3.8, 4) is 17.2 Å². The highest BCUT2D eigenvalue weighted by Crippen LogP contribution is 2.38. The molecule has 212 valence electrons. The van der Waals surface area contributed by atoms with Crippen LogP contribution in [-0.2, 0) is 4.79 Å².